The Morgan fingerprint density at radius 1 is 0.913 bits per heavy atom. The van der Waals surface area contributed by atoms with Gasteiger partial charge in [-0.1, -0.05) is 69.4 Å². The minimum atomic E-state index is -0.135. The molecule has 0 atom stereocenters. The van der Waals surface area contributed by atoms with Gasteiger partial charge in [0.05, 0.1) is 5.69 Å². The summed E-state index contributed by atoms with van der Waals surface area (Å²) in [5.41, 5.74) is 2.47. The maximum absolute atomic E-state index is 4.95. The van der Waals surface area contributed by atoms with Crippen LogP contribution in [0.25, 0.3) is 0 Å². The van der Waals surface area contributed by atoms with Crippen LogP contribution in [0.4, 0.5) is 0 Å². The molecule has 0 amide bonds. The Morgan fingerprint density at radius 3 is 1.83 bits per heavy atom. The number of aromatic nitrogens is 1. The molecule has 0 aromatic carbocycles. The van der Waals surface area contributed by atoms with Gasteiger partial charge in [0.2, 0.25) is 0 Å². The van der Waals surface area contributed by atoms with Crippen LogP contribution in [0.15, 0.2) is 18.2 Å². The standard InChI is InChI=1S/C19H35N2P.Ru/c1-9-21(10-2)14-16-12-11-13-17(20-16)15-22(18(3,4)5)19(6,7)8;/h11-13H,9-10,14-15H2,1-8H3;. The minimum Gasteiger partial charge on any atom is -0.298 e. The molecular formula is C19H35N2PRu. The van der Waals surface area contributed by atoms with Gasteiger partial charge < -0.3 is 0 Å². The van der Waals surface area contributed by atoms with Crippen LogP contribution < -0.4 is 0 Å². The first kappa shape index (κ1) is 23.2. The summed E-state index contributed by atoms with van der Waals surface area (Å²) in [5.74, 6) is 0. The fourth-order valence-corrected chi connectivity index (χ4v) is 6.49. The molecular weight excluding hydrogens is 388 g/mol. The van der Waals surface area contributed by atoms with Gasteiger partial charge in [-0.15, -0.1) is 0 Å². The summed E-state index contributed by atoms with van der Waals surface area (Å²) < 4.78 is 0. The average Bonchev–Trinajstić information content (AvgIpc) is 2.40. The SMILES string of the molecule is CCN(CC)Cc1cccc(CP(C(C)(C)C)C(C)(C)C)n1.[Ru]. The van der Waals surface area contributed by atoms with Gasteiger partial charge in [0.15, 0.2) is 0 Å². The molecule has 0 fully saturated rings. The van der Waals surface area contributed by atoms with E-state index in [0.29, 0.717) is 10.3 Å². The van der Waals surface area contributed by atoms with E-state index in [1.807, 2.05) is 0 Å². The van der Waals surface area contributed by atoms with Crippen LogP contribution in [0.5, 0.6) is 0 Å². The summed E-state index contributed by atoms with van der Waals surface area (Å²) in [5, 5.41) is 0.703. The van der Waals surface area contributed by atoms with Crippen molar-refractivity contribution in [2.45, 2.75) is 78.4 Å². The summed E-state index contributed by atoms with van der Waals surface area (Å²) in [4.78, 5) is 7.37. The van der Waals surface area contributed by atoms with E-state index in [1.165, 1.54) is 11.4 Å². The third-order valence-electron chi connectivity index (χ3n) is 4.08. The fourth-order valence-electron chi connectivity index (χ4n) is 3.02. The smallest absolute Gasteiger partial charge is 0.0547 e. The first-order valence-electron chi connectivity index (χ1n) is 8.52. The van der Waals surface area contributed by atoms with Crippen molar-refractivity contribution in [3.05, 3.63) is 29.6 Å². The van der Waals surface area contributed by atoms with Crippen LogP contribution in [-0.4, -0.2) is 33.3 Å². The molecule has 0 saturated carbocycles. The number of hydrogen-bond donors (Lipinski definition) is 0. The van der Waals surface area contributed by atoms with Gasteiger partial charge in [-0.2, -0.15) is 0 Å². The van der Waals surface area contributed by atoms with Gasteiger partial charge in [0.1, 0.15) is 0 Å². The Kier molecular flexibility index (Phi) is 9.66. The number of rotatable bonds is 6. The summed E-state index contributed by atoms with van der Waals surface area (Å²) >= 11 is 0. The van der Waals surface area contributed by atoms with Crippen molar-refractivity contribution >= 4 is 7.92 Å². The van der Waals surface area contributed by atoms with Crippen LogP contribution in [0, 0.1) is 0 Å². The zero-order valence-corrected chi connectivity index (χ0v) is 18.9. The minimum absolute atomic E-state index is 0. The van der Waals surface area contributed by atoms with Gasteiger partial charge in [0, 0.05) is 37.9 Å². The van der Waals surface area contributed by atoms with E-state index in [1.54, 1.807) is 0 Å². The molecule has 0 saturated heterocycles. The number of nitrogens with zero attached hydrogens (tertiary/aromatic N) is 2. The first-order valence-corrected chi connectivity index (χ1v) is 10.1. The van der Waals surface area contributed by atoms with Crippen molar-refractivity contribution in [3.63, 3.8) is 0 Å². The molecule has 1 heterocycles. The summed E-state index contributed by atoms with van der Waals surface area (Å²) in [7, 11) is -0.135. The van der Waals surface area contributed by atoms with Crippen LogP contribution in [-0.2, 0) is 32.2 Å². The van der Waals surface area contributed by atoms with Crippen LogP contribution in [0.1, 0.15) is 66.8 Å². The molecule has 0 aliphatic carbocycles. The van der Waals surface area contributed by atoms with Gasteiger partial charge in [-0.05, 0) is 35.5 Å². The average molecular weight is 424 g/mol. The van der Waals surface area contributed by atoms with Crippen molar-refractivity contribution < 1.29 is 19.5 Å². The monoisotopic (exact) mass is 424 g/mol. The van der Waals surface area contributed by atoms with Gasteiger partial charge in [-0.25, -0.2) is 0 Å². The predicted molar refractivity (Wildman–Crippen MR) is 101 cm³/mol. The van der Waals surface area contributed by atoms with E-state index >= 15 is 0 Å². The summed E-state index contributed by atoms with van der Waals surface area (Å²) in [6, 6.07) is 6.55. The van der Waals surface area contributed by atoms with Gasteiger partial charge >= 0.3 is 0 Å². The molecule has 134 valence electrons. The van der Waals surface area contributed by atoms with Crippen LogP contribution in [0.2, 0.25) is 0 Å². The molecule has 0 unspecified atom stereocenters. The fraction of sp³-hybridized carbons (Fsp3) is 0.737. The second kappa shape index (κ2) is 9.60. The molecule has 23 heavy (non-hydrogen) atoms. The Morgan fingerprint density at radius 2 is 1.39 bits per heavy atom. The largest absolute Gasteiger partial charge is 0.298 e. The zero-order valence-electron chi connectivity index (χ0n) is 16.3. The summed E-state index contributed by atoms with van der Waals surface area (Å²) in [6.07, 6.45) is 1.12. The third kappa shape index (κ3) is 7.72. The Balaban J connectivity index is 0.00000484. The van der Waals surface area contributed by atoms with Crippen molar-refractivity contribution in [2.75, 3.05) is 13.1 Å². The Hall–Kier alpha value is 0.163. The molecule has 0 aliphatic heterocycles. The van der Waals surface area contributed by atoms with Crippen molar-refractivity contribution in [3.8, 4) is 0 Å². The molecule has 0 N–H and O–H groups in total. The van der Waals surface area contributed by atoms with E-state index in [2.05, 4.69) is 78.5 Å². The quantitative estimate of drug-likeness (QED) is 0.444. The van der Waals surface area contributed by atoms with Crippen molar-refractivity contribution in [1.29, 1.82) is 0 Å². The zero-order chi connectivity index (χ0) is 17.0. The van der Waals surface area contributed by atoms with Crippen LogP contribution >= 0.6 is 7.92 Å². The molecule has 4 heteroatoms. The van der Waals surface area contributed by atoms with E-state index in [4.69, 9.17) is 4.98 Å². The molecule has 0 spiro atoms. The Bertz CT molecular complexity index is 445. The Labute approximate surface area is 158 Å². The molecule has 1 aromatic rings. The molecule has 0 radical (unpaired) electrons. The molecule has 1 rings (SSSR count). The van der Waals surface area contributed by atoms with Gasteiger partial charge in [0.25, 0.3) is 0 Å². The molecule has 1 aromatic heterocycles. The number of hydrogen-bond acceptors (Lipinski definition) is 2. The predicted octanol–water partition coefficient (Wildman–Crippen LogP) is 5.50. The van der Waals surface area contributed by atoms with Gasteiger partial charge in [-0.3, -0.25) is 9.88 Å². The van der Waals surface area contributed by atoms with E-state index < -0.39 is 0 Å². The topological polar surface area (TPSA) is 16.1 Å². The second-order valence-electron chi connectivity index (χ2n) is 8.01. The van der Waals surface area contributed by atoms with Crippen molar-refractivity contribution in [2.24, 2.45) is 0 Å². The molecule has 0 bridgehead atoms. The second-order valence-corrected chi connectivity index (χ2v) is 11.9. The third-order valence-corrected chi connectivity index (χ3v) is 7.96. The maximum atomic E-state index is 4.95. The molecule has 2 nitrogen and oxygen atoms in total. The maximum Gasteiger partial charge on any atom is 0.0547 e. The molecule has 0 aliphatic rings. The summed E-state index contributed by atoms with van der Waals surface area (Å²) in [6.45, 7) is 21.8. The first-order chi connectivity index (χ1) is 10.1. The normalized spacial score (nSPS) is 12.6. The van der Waals surface area contributed by atoms with Crippen LogP contribution in [0.3, 0.4) is 0 Å². The van der Waals surface area contributed by atoms with E-state index in [-0.39, 0.29) is 27.4 Å². The van der Waals surface area contributed by atoms with E-state index in [0.717, 1.165) is 25.8 Å². The van der Waals surface area contributed by atoms with Crippen molar-refractivity contribution in [1.82, 2.24) is 9.88 Å². The van der Waals surface area contributed by atoms with E-state index in [9.17, 15) is 0 Å². The number of pyridine rings is 1.